The number of thioether (sulfide) groups is 1. The van der Waals surface area contributed by atoms with E-state index >= 15 is 0 Å². The van der Waals surface area contributed by atoms with E-state index in [1.165, 1.54) is 4.90 Å². The molecule has 0 radical (unpaired) electrons. The fourth-order valence-corrected chi connectivity index (χ4v) is 3.95. The van der Waals surface area contributed by atoms with Crippen molar-refractivity contribution in [3.63, 3.8) is 0 Å². The van der Waals surface area contributed by atoms with Gasteiger partial charge >= 0.3 is 0 Å². The van der Waals surface area contributed by atoms with Crippen LogP contribution in [0.2, 0.25) is 0 Å². The van der Waals surface area contributed by atoms with Crippen molar-refractivity contribution in [2.24, 2.45) is 0 Å². The molecule has 0 atom stereocenters. The van der Waals surface area contributed by atoms with Crippen molar-refractivity contribution in [1.29, 1.82) is 0 Å². The van der Waals surface area contributed by atoms with Gasteiger partial charge in [0.25, 0.3) is 0 Å². The van der Waals surface area contributed by atoms with E-state index in [4.69, 9.17) is 0 Å². The summed E-state index contributed by atoms with van der Waals surface area (Å²) >= 11 is 1.80. The van der Waals surface area contributed by atoms with Gasteiger partial charge < -0.3 is 0 Å². The number of unbranched alkanes of at least 4 members (excludes halogenated alkanes) is 1. The molecule has 0 heterocycles. The zero-order valence-corrected chi connectivity index (χ0v) is 14.3. The molecule has 22 heavy (non-hydrogen) atoms. The summed E-state index contributed by atoms with van der Waals surface area (Å²) < 4.78 is 26.8. The molecule has 2 rings (SSSR count). The van der Waals surface area contributed by atoms with Crippen LogP contribution < -0.4 is 4.72 Å². The highest BCUT2D eigenvalue weighted by Gasteiger charge is 2.12. The molecule has 0 aliphatic carbocycles. The van der Waals surface area contributed by atoms with Crippen molar-refractivity contribution in [2.45, 2.75) is 29.6 Å². The fraction of sp³-hybridized carbons (Fsp3) is 0.294. The van der Waals surface area contributed by atoms with Gasteiger partial charge in [-0.25, -0.2) is 13.1 Å². The molecule has 5 heteroatoms. The summed E-state index contributed by atoms with van der Waals surface area (Å²) in [5, 5.41) is 0. The van der Waals surface area contributed by atoms with Crippen molar-refractivity contribution < 1.29 is 8.42 Å². The van der Waals surface area contributed by atoms with Crippen LogP contribution in [0.4, 0.5) is 0 Å². The van der Waals surface area contributed by atoms with Crippen molar-refractivity contribution >= 4 is 21.8 Å². The molecular weight excluding hydrogens is 314 g/mol. The van der Waals surface area contributed by atoms with Gasteiger partial charge in [0.2, 0.25) is 10.0 Å². The van der Waals surface area contributed by atoms with Crippen LogP contribution in [0.15, 0.2) is 64.4 Å². The molecule has 0 amide bonds. The molecule has 0 aliphatic rings. The highest BCUT2D eigenvalue weighted by atomic mass is 32.2. The topological polar surface area (TPSA) is 46.2 Å². The second kappa shape index (κ2) is 8.36. The Bertz CT molecular complexity index is 668. The lowest BCUT2D eigenvalue weighted by molar-refractivity contribution is 0.578. The van der Waals surface area contributed by atoms with Crippen LogP contribution in [-0.2, 0) is 10.0 Å². The predicted molar refractivity (Wildman–Crippen MR) is 92.8 cm³/mol. The molecule has 0 spiro atoms. The van der Waals surface area contributed by atoms with Crippen LogP contribution in [0.1, 0.15) is 18.4 Å². The minimum Gasteiger partial charge on any atom is -0.211 e. The second-order valence-corrected chi connectivity index (χ2v) is 8.01. The van der Waals surface area contributed by atoms with Gasteiger partial charge in [-0.05, 0) is 49.8 Å². The molecular formula is C17H21NO2S2. The van der Waals surface area contributed by atoms with E-state index in [1.54, 1.807) is 23.9 Å². The lowest BCUT2D eigenvalue weighted by atomic mass is 10.2. The molecule has 2 aromatic rings. The van der Waals surface area contributed by atoms with Crippen LogP contribution in [0, 0.1) is 6.92 Å². The van der Waals surface area contributed by atoms with Crippen LogP contribution in [0.5, 0.6) is 0 Å². The first-order valence-electron chi connectivity index (χ1n) is 7.32. The van der Waals surface area contributed by atoms with Gasteiger partial charge in [0.1, 0.15) is 0 Å². The molecule has 0 aromatic heterocycles. The van der Waals surface area contributed by atoms with Crippen molar-refractivity contribution in [3.8, 4) is 0 Å². The molecule has 0 fully saturated rings. The zero-order valence-electron chi connectivity index (χ0n) is 12.7. The number of aryl methyl sites for hydroxylation is 1. The number of rotatable bonds is 8. The quantitative estimate of drug-likeness (QED) is 0.589. The first-order chi connectivity index (χ1) is 10.6. The minimum atomic E-state index is -3.37. The first kappa shape index (κ1) is 17.1. The normalized spacial score (nSPS) is 11.5. The standard InChI is InChI=1S/C17H21NO2S2/c1-15-9-11-17(12-10-15)22(19,20)18-13-5-6-14-21-16-7-3-2-4-8-16/h2-4,7-12,18H,5-6,13-14H2,1H3. The third-order valence-corrected chi connectivity index (χ3v) is 5.78. The number of hydrogen-bond acceptors (Lipinski definition) is 3. The zero-order chi connectivity index (χ0) is 15.8. The van der Waals surface area contributed by atoms with E-state index < -0.39 is 10.0 Å². The average Bonchev–Trinajstić information content (AvgIpc) is 2.52. The predicted octanol–water partition coefficient (Wildman–Crippen LogP) is 3.85. The average molecular weight is 335 g/mol. The van der Waals surface area contributed by atoms with E-state index in [1.807, 2.05) is 37.3 Å². The SMILES string of the molecule is Cc1ccc(S(=O)(=O)NCCCCSc2ccccc2)cc1. The van der Waals surface area contributed by atoms with Crippen LogP contribution in [0.25, 0.3) is 0 Å². The maximum Gasteiger partial charge on any atom is 0.240 e. The maximum absolute atomic E-state index is 12.1. The van der Waals surface area contributed by atoms with E-state index in [9.17, 15) is 8.42 Å². The van der Waals surface area contributed by atoms with Crippen molar-refractivity contribution in [3.05, 3.63) is 60.2 Å². The van der Waals surface area contributed by atoms with Crippen LogP contribution >= 0.6 is 11.8 Å². The van der Waals surface area contributed by atoms with Gasteiger partial charge in [-0.3, -0.25) is 0 Å². The molecule has 0 saturated heterocycles. The summed E-state index contributed by atoms with van der Waals surface area (Å²) in [7, 11) is -3.37. The number of sulfonamides is 1. The van der Waals surface area contributed by atoms with E-state index in [-0.39, 0.29) is 0 Å². The Labute approximate surface area is 137 Å². The van der Waals surface area contributed by atoms with Crippen LogP contribution in [-0.4, -0.2) is 20.7 Å². The lowest BCUT2D eigenvalue weighted by Crippen LogP contribution is -2.24. The molecule has 0 unspecified atom stereocenters. The van der Waals surface area contributed by atoms with Crippen molar-refractivity contribution in [2.75, 3.05) is 12.3 Å². The molecule has 0 saturated carbocycles. The summed E-state index contributed by atoms with van der Waals surface area (Å²) in [6, 6.07) is 17.1. The summed E-state index contributed by atoms with van der Waals surface area (Å²) in [5.41, 5.74) is 1.05. The first-order valence-corrected chi connectivity index (χ1v) is 9.79. The molecule has 0 aliphatic heterocycles. The monoisotopic (exact) mass is 335 g/mol. The number of nitrogens with one attached hydrogen (secondary N) is 1. The van der Waals surface area contributed by atoms with Crippen molar-refractivity contribution in [1.82, 2.24) is 4.72 Å². The maximum atomic E-state index is 12.1. The Hall–Kier alpha value is -1.30. The van der Waals surface area contributed by atoms with Gasteiger partial charge in [0.15, 0.2) is 0 Å². The van der Waals surface area contributed by atoms with Gasteiger partial charge in [-0.15, -0.1) is 11.8 Å². The van der Waals surface area contributed by atoms with E-state index in [0.717, 1.165) is 24.2 Å². The van der Waals surface area contributed by atoms with E-state index in [0.29, 0.717) is 11.4 Å². The van der Waals surface area contributed by atoms with E-state index in [2.05, 4.69) is 16.9 Å². The Morgan fingerprint density at radius 1 is 0.955 bits per heavy atom. The highest BCUT2D eigenvalue weighted by Crippen LogP contribution is 2.18. The van der Waals surface area contributed by atoms with Gasteiger partial charge in [0.05, 0.1) is 4.90 Å². The summed E-state index contributed by atoms with van der Waals surface area (Å²) in [5.74, 6) is 0.996. The molecule has 1 N–H and O–H groups in total. The Kier molecular flexibility index (Phi) is 6.49. The Morgan fingerprint density at radius 3 is 2.32 bits per heavy atom. The summed E-state index contributed by atoms with van der Waals surface area (Å²) in [4.78, 5) is 1.58. The summed E-state index contributed by atoms with van der Waals surface area (Å²) in [6.07, 6.45) is 1.82. The largest absolute Gasteiger partial charge is 0.240 e. The van der Waals surface area contributed by atoms with Gasteiger partial charge in [-0.1, -0.05) is 35.9 Å². The fourth-order valence-electron chi connectivity index (χ4n) is 1.94. The molecule has 3 nitrogen and oxygen atoms in total. The Morgan fingerprint density at radius 2 is 1.64 bits per heavy atom. The third kappa shape index (κ3) is 5.48. The lowest BCUT2D eigenvalue weighted by Gasteiger charge is -2.07. The van der Waals surface area contributed by atoms with Gasteiger partial charge in [0, 0.05) is 11.4 Å². The number of benzene rings is 2. The van der Waals surface area contributed by atoms with Gasteiger partial charge in [-0.2, -0.15) is 0 Å². The second-order valence-electron chi connectivity index (χ2n) is 5.08. The van der Waals surface area contributed by atoms with Crippen LogP contribution in [0.3, 0.4) is 0 Å². The molecule has 118 valence electrons. The highest BCUT2D eigenvalue weighted by molar-refractivity contribution is 7.99. The third-order valence-electron chi connectivity index (χ3n) is 3.21. The molecule has 2 aromatic carbocycles. The summed E-state index contributed by atoms with van der Waals surface area (Å²) in [6.45, 7) is 2.42. The smallest absolute Gasteiger partial charge is 0.211 e. The number of hydrogen-bond donors (Lipinski definition) is 1. The molecule has 0 bridgehead atoms. The minimum absolute atomic E-state index is 0.330. The Balaban J connectivity index is 1.68.